The summed E-state index contributed by atoms with van der Waals surface area (Å²) in [5.41, 5.74) is 1.64. The molecule has 2 rings (SSSR count). The van der Waals surface area contributed by atoms with Crippen LogP contribution in [0.4, 0.5) is 0 Å². The fourth-order valence-electron chi connectivity index (χ4n) is 3.13. The van der Waals surface area contributed by atoms with Crippen LogP contribution in [0.25, 0.3) is 0 Å². The summed E-state index contributed by atoms with van der Waals surface area (Å²) in [5, 5.41) is 3.79. The van der Waals surface area contributed by atoms with Crippen LogP contribution in [-0.2, 0) is 11.2 Å². The molecule has 0 bridgehead atoms. The number of rotatable bonds is 7. The van der Waals surface area contributed by atoms with Gasteiger partial charge in [0.05, 0.1) is 6.10 Å². The second-order valence-corrected chi connectivity index (χ2v) is 7.58. The second-order valence-electron chi connectivity index (χ2n) is 7.58. The van der Waals surface area contributed by atoms with E-state index in [1.165, 1.54) is 5.56 Å². The highest BCUT2D eigenvalue weighted by Gasteiger charge is 2.49. The van der Waals surface area contributed by atoms with Crippen molar-refractivity contribution in [1.29, 1.82) is 0 Å². The summed E-state index contributed by atoms with van der Waals surface area (Å²) >= 11 is 0. The first-order valence-corrected chi connectivity index (χ1v) is 8.31. The summed E-state index contributed by atoms with van der Waals surface area (Å²) in [4.78, 5) is 0. The molecule has 1 aliphatic rings. The molecule has 0 aromatic heterocycles. The molecule has 1 fully saturated rings. The van der Waals surface area contributed by atoms with Crippen molar-refractivity contribution in [2.24, 2.45) is 11.3 Å². The third-order valence-electron chi connectivity index (χ3n) is 4.68. The van der Waals surface area contributed by atoms with Crippen LogP contribution in [0.5, 0.6) is 0 Å². The number of hydrogen-bond acceptors (Lipinski definition) is 2. The zero-order chi connectivity index (χ0) is 15.5. The highest BCUT2D eigenvalue weighted by atomic mass is 16.5. The number of benzene rings is 1. The van der Waals surface area contributed by atoms with Crippen molar-refractivity contribution in [3.63, 3.8) is 0 Å². The van der Waals surface area contributed by atoms with Gasteiger partial charge in [0.15, 0.2) is 0 Å². The summed E-state index contributed by atoms with van der Waals surface area (Å²) in [5.74, 6) is 0.616. The smallest absolute Gasteiger partial charge is 0.0656 e. The van der Waals surface area contributed by atoms with Crippen molar-refractivity contribution < 1.29 is 4.74 Å². The van der Waals surface area contributed by atoms with Gasteiger partial charge >= 0.3 is 0 Å². The summed E-state index contributed by atoms with van der Waals surface area (Å²) in [7, 11) is 0. The highest BCUT2D eigenvalue weighted by Crippen LogP contribution is 2.43. The molecular weight excluding hydrogens is 258 g/mol. The minimum atomic E-state index is 0.236. The summed E-state index contributed by atoms with van der Waals surface area (Å²) in [6, 6.07) is 11.8. The van der Waals surface area contributed by atoms with Crippen LogP contribution in [-0.4, -0.2) is 24.8 Å². The topological polar surface area (TPSA) is 21.3 Å². The molecule has 0 aliphatic heterocycles. The van der Waals surface area contributed by atoms with Crippen molar-refractivity contribution in [2.45, 2.75) is 65.6 Å². The van der Waals surface area contributed by atoms with Gasteiger partial charge in [0.25, 0.3) is 0 Å². The van der Waals surface area contributed by atoms with Crippen molar-refractivity contribution in [1.82, 2.24) is 5.32 Å². The second kappa shape index (κ2) is 6.93. The Morgan fingerprint density at radius 1 is 1.19 bits per heavy atom. The minimum Gasteiger partial charge on any atom is -0.377 e. The number of ether oxygens (including phenoxy) is 1. The van der Waals surface area contributed by atoms with Crippen molar-refractivity contribution in [2.75, 3.05) is 6.61 Å². The maximum Gasteiger partial charge on any atom is 0.0656 e. The van der Waals surface area contributed by atoms with Crippen LogP contribution < -0.4 is 5.32 Å². The van der Waals surface area contributed by atoms with Gasteiger partial charge in [0, 0.05) is 24.1 Å². The Balaban J connectivity index is 1.79. The zero-order valence-corrected chi connectivity index (χ0v) is 14.2. The van der Waals surface area contributed by atoms with E-state index >= 15 is 0 Å². The average molecular weight is 289 g/mol. The van der Waals surface area contributed by atoms with Crippen LogP contribution in [0.3, 0.4) is 0 Å². The Morgan fingerprint density at radius 2 is 1.86 bits per heavy atom. The van der Waals surface area contributed by atoms with E-state index in [0.717, 1.165) is 19.4 Å². The third-order valence-corrected chi connectivity index (χ3v) is 4.68. The Labute approximate surface area is 130 Å². The molecule has 0 saturated heterocycles. The first-order chi connectivity index (χ1) is 9.89. The van der Waals surface area contributed by atoms with E-state index in [2.05, 4.69) is 70.3 Å². The molecule has 1 aliphatic carbocycles. The number of hydrogen-bond donors (Lipinski definition) is 1. The maximum atomic E-state index is 6.04. The van der Waals surface area contributed by atoms with Gasteiger partial charge in [-0.3, -0.25) is 0 Å². The van der Waals surface area contributed by atoms with Crippen molar-refractivity contribution >= 4 is 0 Å². The van der Waals surface area contributed by atoms with Gasteiger partial charge < -0.3 is 10.1 Å². The standard InChI is InChI=1S/C19H31NO/c1-14(2)13-21-18-12-17(19(18,4)5)20-15(3)11-16-9-7-6-8-10-16/h6-10,14-15,17-18,20H,11-13H2,1-5H3. The lowest BCUT2D eigenvalue weighted by Crippen LogP contribution is -2.62. The molecule has 1 N–H and O–H groups in total. The van der Waals surface area contributed by atoms with Gasteiger partial charge in [-0.15, -0.1) is 0 Å². The zero-order valence-electron chi connectivity index (χ0n) is 14.2. The van der Waals surface area contributed by atoms with E-state index in [0.29, 0.717) is 24.1 Å². The van der Waals surface area contributed by atoms with E-state index < -0.39 is 0 Å². The Hall–Kier alpha value is -0.860. The molecule has 118 valence electrons. The lowest BCUT2D eigenvalue weighted by Gasteiger charge is -2.53. The molecule has 2 nitrogen and oxygen atoms in total. The molecule has 0 amide bonds. The third kappa shape index (κ3) is 4.31. The molecule has 1 aromatic rings. The van der Waals surface area contributed by atoms with E-state index in [9.17, 15) is 0 Å². The molecule has 1 aromatic carbocycles. The van der Waals surface area contributed by atoms with Crippen LogP contribution in [0.2, 0.25) is 0 Å². The van der Waals surface area contributed by atoms with Gasteiger partial charge in [-0.05, 0) is 31.2 Å². The lowest BCUT2D eigenvalue weighted by atomic mass is 9.64. The monoisotopic (exact) mass is 289 g/mol. The molecule has 2 heteroatoms. The van der Waals surface area contributed by atoms with Crippen molar-refractivity contribution in [3.8, 4) is 0 Å². The van der Waals surface area contributed by atoms with Gasteiger partial charge in [-0.2, -0.15) is 0 Å². The predicted octanol–water partition coefficient (Wildman–Crippen LogP) is 4.05. The SMILES string of the molecule is CC(C)COC1CC(NC(C)Cc2ccccc2)C1(C)C. The fraction of sp³-hybridized carbons (Fsp3) is 0.684. The van der Waals surface area contributed by atoms with Crippen LogP contribution >= 0.6 is 0 Å². The number of nitrogens with one attached hydrogen (secondary N) is 1. The van der Waals surface area contributed by atoms with Crippen LogP contribution in [0.15, 0.2) is 30.3 Å². The summed E-state index contributed by atoms with van der Waals surface area (Å²) in [6.45, 7) is 12.2. The molecule has 0 radical (unpaired) electrons. The fourth-order valence-corrected chi connectivity index (χ4v) is 3.13. The van der Waals surface area contributed by atoms with Gasteiger partial charge in [0.1, 0.15) is 0 Å². The largest absolute Gasteiger partial charge is 0.377 e. The molecular formula is C19H31NO. The first kappa shape index (κ1) is 16.5. The van der Waals surface area contributed by atoms with Gasteiger partial charge in [-0.25, -0.2) is 0 Å². The molecule has 0 spiro atoms. The summed E-state index contributed by atoms with van der Waals surface area (Å²) in [6.07, 6.45) is 2.63. The van der Waals surface area contributed by atoms with E-state index in [1.54, 1.807) is 0 Å². The van der Waals surface area contributed by atoms with Crippen LogP contribution in [0, 0.1) is 11.3 Å². The van der Waals surface area contributed by atoms with E-state index in [1.807, 2.05) is 0 Å². The van der Waals surface area contributed by atoms with E-state index in [4.69, 9.17) is 4.74 Å². The molecule has 1 saturated carbocycles. The van der Waals surface area contributed by atoms with Crippen LogP contribution in [0.1, 0.15) is 46.6 Å². The minimum absolute atomic E-state index is 0.236. The highest BCUT2D eigenvalue weighted by molar-refractivity contribution is 5.16. The van der Waals surface area contributed by atoms with Gasteiger partial charge in [0.2, 0.25) is 0 Å². The quantitative estimate of drug-likeness (QED) is 0.817. The predicted molar refractivity (Wildman–Crippen MR) is 89.5 cm³/mol. The van der Waals surface area contributed by atoms with E-state index in [-0.39, 0.29) is 5.41 Å². The van der Waals surface area contributed by atoms with Gasteiger partial charge in [-0.1, -0.05) is 58.0 Å². The Morgan fingerprint density at radius 3 is 2.43 bits per heavy atom. The van der Waals surface area contributed by atoms with Crippen molar-refractivity contribution in [3.05, 3.63) is 35.9 Å². The normalized spacial score (nSPS) is 25.6. The Kier molecular flexibility index (Phi) is 5.45. The molecule has 21 heavy (non-hydrogen) atoms. The summed E-state index contributed by atoms with van der Waals surface area (Å²) < 4.78 is 6.04. The molecule has 3 atom stereocenters. The maximum absolute atomic E-state index is 6.04. The Bertz CT molecular complexity index is 426. The molecule has 0 heterocycles. The first-order valence-electron chi connectivity index (χ1n) is 8.31. The lowest BCUT2D eigenvalue weighted by molar-refractivity contribution is -0.125. The average Bonchev–Trinajstić information content (AvgIpc) is 2.42. The molecule has 3 unspecified atom stereocenters.